The second kappa shape index (κ2) is 3.62. The Morgan fingerprint density at radius 1 is 1.50 bits per heavy atom. The van der Waals surface area contributed by atoms with Crippen LogP contribution >= 0.6 is 0 Å². The fraction of sp³-hybridized carbons (Fsp3) is 0.500. The van der Waals surface area contributed by atoms with E-state index in [1.165, 1.54) is 23.1 Å². The highest BCUT2D eigenvalue weighted by Crippen LogP contribution is 2.40. The van der Waals surface area contributed by atoms with Crippen molar-refractivity contribution in [2.45, 2.75) is 25.7 Å². The average molecular weight is 191 g/mol. The first-order chi connectivity index (χ1) is 6.76. The molecule has 0 amide bonds. The minimum absolute atomic E-state index is 0.671. The van der Waals surface area contributed by atoms with Crippen molar-refractivity contribution in [3.8, 4) is 5.75 Å². The molecule has 0 bridgehead atoms. The number of ether oxygens (including phenoxy) is 1. The second-order valence-electron chi connectivity index (χ2n) is 4.00. The van der Waals surface area contributed by atoms with Crippen LogP contribution in [0, 0.1) is 6.92 Å². The zero-order chi connectivity index (χ0) is 10.1. The number of nitrogens with two attached hydrogens (primary N) is 1. The third kappa shape index (κ3) is 1.40. The normalized spacial score (nSPS) is 18.6. The van der Waals surface area contributed by atoms with E-state index in [4.69, 9.17) is 10.5 Å². The lowest BCUT2D eigenvalue weighted by Crippen LogP contribution is -2.20. The van der Waals surface area contributed by atoms with Crippen LogP contribution in [0.2, 0.25) is 0 Å². The maximum absolute atomic E-state index is 5.57. The lowest BCUT2D eigenvalue weighted by molar-refractivity contribution is 0.408. The molecule has 1 aliphatic carbocycles. The highest BCUT2D eigenvalue weighted by Gasteiger charge is 2.26. The lowest BCUT2D eigenvalue weighted by atomic mass is 9.75. The maximum Gasteiger partial charge on any atom is 0.122 e. The van der Waals surface area contributed by atoms with E-state index in [1.807, 2.05) is 0 Å². The van der Waals surface area contributed by atoms with E-state index in [-0.39, 0.29) is 0 Å². The molecule has 0 saturated carbocycles. The predicted molar refractivity (Wildman–Crippen MR) is 57.8 cm³/mol. The van der Waals surface area contributed by atoms with Crippen molar-refractivity contribution < 1.29 is 4.74 Å². The molecular weight excluding hydrogens is 174 g/mol. The fourth-order valence-corrected chi connectivity index (χ4v) is 2.24. The van der Waals surface area contributed by atoms with Gasteiger partial charge in [0.05, 0.1) is 7.11 Å². The van der Waals surface area contributed by atoms with Crippen molar-refractivity contribution in [2.75, 3.05) is 13.7 Å². The summed E-state index contributed by atoms with van der Waals surface area (Å²) in [6, 6.07) is 4.41. The van der Waals surface area contributed by atoms with Crippen molar-refractivity contribution in [1.29, 1.82) is 0 Å². The van der Waals surface area contributed by atoms with Crippen molar-refractivity contribution in [2.24, 2.45) is 5.73 Å². The second-order valence-corrected chi connectivity index (χ2v) is 4.00. The predicted octanol–water partition coefficient (Wildman–Crippen LogP) is 1.99. The van der Waals surface area contributed by atoms with Gasteiger partial charge in [-0.3, -0.25) is 0 Å². The molecule has 2 heteroatoms. The molecule has 0 saturated heterocycles. The fourth-order valence-electron chi connectivity index (χ4n) is 2.24. The van der Waals surface area contributed by atoms with Crippen LogP contribution in [0.4, 0.5) is 0 Å². The van der Waals surface area contributed by atoms with Crippen LogP contribution in [0.25, 0.3) is 0 Å². The molecule has 0 radical (unpaired) electrons. The molecule has 1 atom stereocenters. The largest absolute Gasteiger partial charge is 0.496 e. The maximum atomic E-state index is 5.57. The van der Waals surface area contributed by atoms with Gasteiger partial charge in [-0.1, -0.05) is 6.07 Å². The number of aryl methyl sites for hydroxylation is 1. The summed E-state index contributed by atoms with van der Waals surface area (Å²) in [6.07, 6.45) is 2.29. The molecule has 2 rings (SSSR count). The quantitative estimate of drug-likeness (QED) is 0.793. The summed E-state index contributed by atoms with van der Waals surface area (Å²) in [6.45, 7) is 2.87. The summed E-state index contributed by atoms with van der Waals surface area (Å²) >= 11 is 0. The number of benzene rings is 1. The van der Waals surface area contributed by atoms with Gasteiger partial charge in [0.2, 0.25) is 0 Å². The van der Waals surface area contributed by atoms with Gasteiger partial charge in [0, 0.05) is 0 Å². The summed E-state index contributed by atoms with van der Waals surface area (Å²) in [5.41, 5.74) is 9.72. The lowest BCUT2D eigenvalue weighted by Gasteiger charge is -2.31. The van der Waals surface area contributed by atoms with Crippen molar-refractivity contribution in [3.05, 3.63) is 28.8 Å². The molecule has 76 valence electrons. The summed E-state index contributed by atoms with van der Waals surface area (Å²) < 4.78 is 5.31. The van der Waals surface area contributed by atoms with Gasteiger partial charge in [-0.05, 0) is 55.0 Å². The summed E-state index contributed by atoms with van der Waals surface area (Å²) in [4.78, 5) is 0. The first-order valence-electron chi connectivity index (χ1n) is 5.13. The van der Waals surface area contributed by atoms with Gasteiger partial charge >= 0.3 is 0 Å². The van der Waals surface area contributed by atoms with Gasteiger partial charge in [-0.15, -0.1) is 0 Å². The number of hydrogen-bond acceptors (Lipinski definition) is 2. The Labute approximate surface area is 85.1 Å². The van der Waals surface area contributed by atoms with E-state index in [0.717, 1.165) is 18.7 Å². The van der Waals surface area contributed by atoms with E-state index < -0.39 is 0 Å². The van der Waals surface area contributed by atoms with Crippen LogP contribution in [0.15, 0.2) is 12.1 Å². The molecule has 2 N–H and O–H groups in total. The Bertz CT molecular complexity index is 346. The number of hydrogen-bond donors (Lipinski definition) is 1. The molecule has 0 heterocycles. The Kier molecular flexibility index (Phi) is 2.46. The topological polar surface area (TPSA) is 35.2 Å². The Balaban J connectivity index is 2.27. The standard InChI is InChI=1S/C12H17NO/c1-8-5-10-6-9(3-4-13)11(10)7-12(8)14-2/h5,7,9H,3-4,6,13H2,1-2H3/t9-/m0/s1. The first-order valence-corrected chi connectivity index (χ1v) is 5.13. The minimum Gasteiger partial charge on any atom is -0.496 e. The van der Waals surface area contributed by atoms with E-state index in [0.29, 0.717) is 5.92 Å². The van der Waals surface area contributed by atoms with Crippen LogP contribution in [-0.2, 0) is 6.42 Å². The van der Waals surface area contributed by atoms with Crippen LogP contribution in [0.5, 0.6) is 5.75 Å². The van der Waals surface area contributed by atoms with Gasteiger partial charge in [0.1, 0.15) is 5.75 Å². The molecule has 1 aliphatic rings. The third-order valence-corrected chi connectivity index (χ3v) is 3.08. The molecular formula is C12H17NO. The SMILES string of the molecule is COc1cc2c(cc1C)C[C@@H]2CCN. The van der Waals surface area contributed by atoms with Crippen LogP contribution in [0.1, 0.15) is 29.0 Å². The number of rotatable bonds is 3. The van der Waals surface area contributed by atoms with Crippen LogP contribution < -0.4 is 10.5 Å². The third-order valence-electron chi connectivity index (χ3n) is 3.08. The molecule has 0 fully saturated rings. The average Bonchev–Trinajstić information content (AvgIpc) is 2.16. The summed E-state index contributed by atoms with van der Waals surface area (Å²) in [5.74, 6) is 1.68. The van der Waals surface area contributed by atoms with Gasteiger partial charge in [-0.2, -0.15) is 0 Å². The molecule has 2 nitrogen and oxygen atoms in total. The zero-order valence-corrected chi connectivity index (χ0v) is 8.84. The van der Waals surface area contributed by atoms with Gasteiger partial charge in [0.15, 0.2) is 0 Å². The molecule has 0 unspecified atom stereocenters. The summed E-state index contributed by atoms with van der Waals surface area (Å²) in [7, 11) is 1.73. The Hall–Kier alpha value is -1.02. The van der Waals surface area contributed by atoms with E-state index in [1.54, 1.807) is 7.11 Å². The van der Waals surface area contributed by atoms with E-state index in [9.17, 15) is 0 Å². The minimum atomic E-state index is 0.671. The summed E-state index contributed by atoms with van der Waals surface area (Å²) in [5, 5.41) is 0. The molecule has 0 spiro atoms. The monoisotopic (exact) mass is 191 g/mol. The molecule has 1 aromatic carbocycles. The van der Waals surface area contributed by atoms with Gasteiger partial charge in [-0.25, -0.2) is 0 Å². The number of fused-ring (bicyclic) bond motifs is 1. The highest BCUT2D eigenvalue weighted by molar-refractivity contribution is 5.49. The molecule has 1 aromatic rings. The van der Waals surface area contributed by atoms with Crippen molar-refractivity contribution in [1.82, 2.24) is 0 Å². The molecule has 0 aliphatic heterocycles. The Morgan fingerprint density at radius 2 is 2.29 bits per heavy atom. The van der Waals surface area contributed by atoms with Crippen molar-refractivity contribution >= 4 is 0 Å². The highest BCUT2D eigenvalue weighted by atomic mass is 16.5. The van der Waals surface area contributed by atoms with E-state index in [2.05, 4.69) is 19.1 Å². The van der Waals surface area contributed by atoms with Gasteiger partial charge < -0.3 is 10.5 Å². The van der Waals surface area contributed by atoms with Crippen LogP contribution in [-0.4, -0.2) is 13.7 Å². The van der Waals surface area contributed by atoms with Crippen molar-refractivity contribution in [3.63, 3.8) is 0 Å². The molecule has 0 aromatic heterocycles. The number of methoxy groups -OCH3 is 1. The first kappa shape index (κ1) is 9.53. The zero-order valence-electron chi connectivity index (χ0n) is 8.84. The van der Waals surface area contributed by atoms with Crippen LogP contribution in [0.3, 0.4) is 0 Å². The smallest absolute Gasteiger partial charge is 0.122 e. The van der Waals surface area contributed by atoms with Gasteiger partial charge in [0.25, 0.3) is 0 Å². The van der Waals surface area contributed by atoms with E-state index >= 15 is 0 Å². The Morgan fingerprint density at radius 3 is 2.93 bits per heavy atom. The molecule has 14 heavy (non-hydrogen) atoms.